The third kappa shape index (κ3) is 3.22. The van der Waals surface area contributed by atoms with Gasteiger partial charge in [-0.05, 0) is 53.2 Å². The highest BCUT2D eigenvalue weighted by Crippen LogP contribution is 2.24. The Morgan fingerprint density at radius 2 is 2.10 bits per heavy atom. The number of ether oxygens (including phenoxy) is 1. The molecule has 0 bridgehead atoms. The molecule has 106 valence electrons. The molecule has 20 heavy (non-hydrogen) atoms. The highest BCUT2D eigenvalue weighted by atomic mass is 79.9. The minimum absolute atomic E-state index is 0.0754. The summed E-state index contributed by atoms with van der Waals surface area (Å²) < 4.78 is 11.3. The van der Waals surface area contributed by atoms with Crippen LogP contribution in [-0.4, -0.2) is 25.0 Å². The first-order valence-corrected chi connectivity index (χ1v) is 6.95. The molecule has 0 saturated carbocycles. The maximum atomic E-state index is 12.4. The zero-order valence-corrected chi connectivity index (χ0v) is 13.2. The highest BCUT2D eigenvalue weighted by molar-refractivity contribution is 9.10. The topological polar surface area (TPSA) is 42.7 Å². The molecule has 0 spiro atoms. The number of nitrogens with zero attached hydrogens (tertiary/aromatic N) is 1. The summed E-state index contributed by atoms with van der Waals surface area (Å²) >= 11 is 3.40. The van der Waals surface area contributed by atoms with Gasteiger partial charge in [0.15, 0.2) is 0 Å². The van der Waals surface area contributed by atoms with Crippen LogP contribution in [0, 0.1) is 6.92 Å². The van der Waals surface area contributed by atoms with Crippen LogP contribution in [0.5, 0.6) is 5.75 Å². The number of carbonyl (C=O) groups excluding carboxylic acids is 1. The van der Waals surface area contributed by atoms with Gasteiger partial charge in [0.1, 0.15) is 17.3 Å². The fourth-order valence-corrected chi connectivity index (χ4v) is 2.40. The summed E-state index contributed by atoms with van der Waals surface area (Å²) in [6.45, 7) is 2.32. The zero-order chi connectivity index (χ0) is 14.7. The summed E-state index contributed by atoms with van der Waals surface area (Å²) in [4.78, 5) is 14.0. The molecule has 0 fully saturated rings. The van der Waals surface area contributed by atoms with Gasteiger partial charge >= 0.3 is 0 Å². The van der Waals surface area contributed by atoms with Gasteiger partial charge < -0.3 is 14.1 Å². The average molecular weight is 338 g/mol. The average Bonchev–Trinajstić information content (AvgIpc) is 2.83. The molecule has 2 rings (SSSR count). The predicted octanol–water partition coefficient (Wildman–Crippen LogP) is 3.63. The summed E-state index contributed by atoms with van der Waals surface area (Å²) in [6.07, 6.45) is 0. The normalized spacial score (nSPS) is 10.4. The van der Waals surface area contributed by atoms with E-state index in [4.69, 9.17) is 9.15 Å². The second-order valence-corrected chi connectivity index (χ2v) is 5.37. The molecule has 0 unspecified atom stereocenters. The van der Waals surface area contributed by atoms with Gasteiger partial charge in [-0.3, -0.25) is 4.79 Å². The van der Waals surface area contributed by atoms with E-state index in [2.05, 4.69) is 15.9 Å². The summed E-state index contributed by atoms with van der Waals surface area (Å²) in [7, 11) is 3.34. The Hall–Kier alpha value is -1.75. The number of benzene rings is 1. The molecule has 1 aromatic carbocycles. The molecule has 0 radical (unpaired) electrons. The standard InChI is InChI=1S/C15H16BrNO3/c1-10-4-5-12(20-10)9-17(2)15(18)13-7-6-11(19-3)8-14(13)16/h4-8H,9H2,1-3H3. The minimum Gasteiger partial charge on any atom is -0.497 e. The van der Waals surface area contributed by atoms with Gasteiger partial charge in [0, 0.05) is 11.5 Å². The highest BCUT2D eigenvalue weighted by Gasteiger charge is 2.16. The van der Waals surface area contributed by atoms with Gasteiger partial charge in [0.05, 0.1) is 19.2 Å². The third-order valence-electron chi connectivity index (χ3n) is 2.94. The fourth-order valence-electron chi connectivity index (χ4n) is 1.88. The molecule has 0 aliphatic heterocycles. The van der Waals surface area contributed by atoms with Gasteiger partial charge in [0.2, 0.25) is 0 Å². The molecule has 1 heterocycles. The lowest BCUT2D eigenvalue weighted by molar-refractivity contribution is 0.0774. The van der Waals surface area contributed by atoms with Crippen molar-refractivity contribution in [3.8, 4) is 5.75 Å². The minimum atomic E-state index is -0.0754. The molecule has 1 amide bonds. The summed E-state index contributed by atoms with van der Waals surface area (Å²) in [5.74, 6) is 2.24. The number of amides is 1. The van der Waals surface area contributed by atoms with Gasteiger partial charge in [-0.2, -0.15) is 0 Å². The Morgan fingerprint density at radius 1 is 1.35 bits per heavy atom. The maximum absolute atomic E-state index is 12.4. The lowest BCUT2D eigenvalue weighted by Gasteiger charge is -2.17. The molecule has 2 aromatic rings. The number of aryl methyl sites for hydroxylation is 1. The number of hydrogen-bond acceptors (Lipinski definition) is 3. The molecule has 0 aliphatic rings. The predicted molar refractivity (Wildman–Crippen MR) is 79.9 cm³/mol. The number of halogens is 1. The van der Waals surface area contributed by atoms with E-state index in [0.717, 1.165) is 11.5 Å². The van der Waals surface area contributed by atoms with Crippen molar-refractivity contribution in [2.24, 2.45) is 0 Å². The van der Waals surface area contributed by atoms with Crippen molar-refractivity contribution in [3.05, 3.63) is 51.9 Å². The number of methoxy groups -OCH3 is 1. The van der Waals surface area contributed by atoms with E-state index in [-0.39, 0.29) is 5.91 Å². The van der Waals surface area contributed by atoms with Crippen molar-refractivity contribution in [1.29, 1.82) is 0 Å². The number of hydrogen-bond donors (Lipinski definition) is 0. The lowest BCUT2D eigenvalue weighted by Crippen LogP contribution is -2.26. The van der Waals surface area contributed by atoms with Crippen molar-refractivity contribution in [1.82, 2.24) is 4.90 Å². The molecular formula is C15H16BrNO3. The number of carbonyl (C=O) groups is 1. The van der Waals surface area contributed by atoms with Gasteiger partial charge in [-0.15, -0.1) is 0 Å². The van der Waals surface area contributed by atoms with Gasteiger partial charge in [0.25, 0.3) is 5.91 Å². The first-order valence-electron chi connectivity index (χ1n) is 6.15. The largest absolute Gasteiger partial charge is 0.497 e. The molecule has 1 aromatic heterocycles. The van der Waals surface area contributed by atoms with Crippen LogP contribution < -0.4 is 4.74 Å². The van der Waals surface area contributed by atoms with Crippen molar-refractivity contribution in [2.45, 2.75) is 13.5 Å². The van der Waals surface area contributed by atoms with Gasteiger partial charge in [-0.1, -0.05) is 0 Å². The van der Waals surface area contributed by atoms with E-state index in [1.807, 2.05) is 19.1 Å². The molecule has 0 aliphatic carbocycles. The van der Waals surface area contributed by atoms with Crippen LogP contribution in [0.15, 0.2) is 39.2 Å². The van der Waals surface area contributed by atoms with E-state index in [1.54, 1.807) is 37.3 Å². The fraction of sp³-hybridized carbons (Fsp3) is 0.267. The Bertz CT molecular complexity index is 621. The van der Waals surface area contributed by atoms with E-state index in [0.29, 0.717) is 22.3 Å². The van der Waals surface area contributed by atoms with Crippen LogP contribution in [0.1, 0.15) is 21.9 Å². The monoisotopic (exact) mass is 337 g/mol. The van der Waals surface area contributed by atoms with Crippen molar-refractivity contribution < 1.29 is 13.9 Å². The first-order chi connectivity index (χ1) is 9.51. The van der Waals surface area contributed by atoms with Crippen LogP contribution in [0.4, 0.5) is 0 Å². The molecule has 4 nitrogen and oxygen atoms in total. The van der Waals surface area contributed by atoms with Crippen molar-refractivity contribution >= 4 is 21.8 Å². The van der Waals surface area contributed by atoms with Crippen LogP contribution in [-0.2, 0) is 6.54 Å². The molecule has 5 heteroatoms. The first kappa shape index (κ1) is 14.7. The molecule has 0 N–H and O–H groups in total. The van der Waals surface area contributed by atoms with E-state index in [9.17, 15) is 4.79 Å². The number of furan rings is 1. The molecule has 0 saturated heterocycles. The van der Waals surface area contributed by atoms with E-state index in [1.165, 1.54) is 0 Å². The van der Waals surface area contributed by atoms with E-state index < -0.39 is 0 Å². The quantitative estimate of drug-likeness (QED) is 0.855. The van der Waals surface area contributed by atoms with Gasteiger partial charge in [-0.25, -0.2) is 0 Å². The second kappa shape index (κ2) is 6.13. The summed E-state index contributed by atoms with van der Waals surface area (Å²) in [5, 5.41) is 0. The Morgan fingerprint density at radius 3 is 2.65 bits per heavy atom. The lowest BCUT2D eigenvalue weighted by atomic mass is 10.2. The Kier molecular flexibility index (Phi) is 4.49. The molecular weight excluding hydrogens is 322 g/mol. The second-order valence-electron chi connectivity index (χ2n) is 4.52. The smallest absolute Gasteiger partial charge is 0.255 e. The van der Waals surface area contributed by atoms with Crippen LogP contribution in [0.25, 0.3) is 0 Å². The third-order valence-corrected chi connectivity index (χ3v) is 3.60. The number of rotatable bonds is 4. The van der Waals surface area contributed by atoms with Crippen molar-refractivity contribution in [2.75, 3.05) is 14.2 Å². The summed E-state index contributed by atoms with van der Waals surface area (Å²) in [6, 6.07) is 9.05. The SMILES string of the molecule is COc1ccc(C(=O)N(C)Cc2ccc(C)o2)c(Br)c1. The Labute approximate surface area is 126 Å². The van der Waals surface area contributed by atoms with E-state index >= 15 is 0 Å². The van der Waals surface area contributed by atoms with Crippen LogP contribution in [0.3, 0.4) is 0 Å². The summed E-state index contributed by atoms with van der Waals surface area (Å²) in [5.41, 5.74) is 0.594. The Balaban J connectivity index is 2.14. The van der Waals surface area contributed by atoms with Crippen molar-refractivity contribution in [3.63, 3.8) is 0 Å². The zero-order valence-electron chi connectivity index (χ0n) is 11.6. The van der Waals surface area contributed by atoms with Crippen LogP contribution in [0.2, 0.25) is 0 Å². The molecule has 0 atom stereocenters. The maximum Gasteiger partial charge on any atom is 0.255 e. The van der Waals surface area contributed by atoms with Crippen LogP contribution >= 0.6 is 15.9 Å².